The van der Waals surface area contributed by atoms with Gasteiger partial charge in [0.25, 0.3) is 0 Å². The van der Waals surface area contributed by atoms with E-state index in [0.29, 0.717) is 25.8 Å². The van der Waals surface area contributed by atoms with Gasteiger partial charge < -0.3 is 10.0 Å². The maximum Gasteiger partial charge on any atom is 0.329 e. The molecule has 1 aliphatic rings. The molecule has 0 unspecified atom stereocenters. The average Bonchev–Trinajstić information content (AvgIpc) is 2.21. The van der Waals surface area contributed by atoms with Crippen molar-refractivity contribution in [1.82, 2.24) is 4.90 Å². The second-order valence-electron chi connectivity index (χ2n) is 3.79. The molecule has 0 spiro atoms. The van der Waals surface area contributed by atoms with Crippen LogP contribution in [0.3, 0.4) is 0 Å². The van der Waals surface area contributed by atoms with Crippen LogP contribution in [0.1, 0.15) is 39.0 Å². The molecule has 80 valence electrons. The molecule has 14 heavy (non-hydrogen) atoms. The summed E-state index contributed by atoms with van der Waals surface area (Å²) < 4.78 is 0. The van der Waals surface area contributed by atoms with Crippen LogP contribution in [0.4, 0.5) is 0 Å². The Labute approximate surface area is 83.9 Å². The maximum atomic E-state index is 11.2. The lowest BCUT2D eigenvalue weighted by Gasteiger charge is -2.40. The summed E-state index contributed by atoms with van der Waals surface area (Å²) in [6, 6.07) is 0. The molecular formula is C10H17NO3. The Kier molecular flexibility index (Phi) is 3.49. The van der Waals surface area contributed by atoms with Crippen molar-refractivity contribution in [1.29, 1.82) is 0 Å². The molecule has 0 radical (unpaired) electrons. The summed E-state index contributed by atoms with van der Waals surface area (Å²) in [5, 5.41) is 9.22. The molecule has 1 saturated carbocycles. The van der Waals surface area contributed by atoms with Gasteiger partial charge in [-0.2, -0.15) is 0 Å². The Bertz CT molecular complexity index is 221. The van der Waals surface area contributed by atoms with Crippen molar-refractivity contribution >= 4 is 12.4 Å². The summed E-state index contributed by atoms with van der Waals surface area (Å²) in [4.78, 5) is 23.5. The topological polar surface area (TPSA) is 57.6 Å². The molecule has 1 fully saturated rings. The number of hydrogen-bond acceptors (Lipinski definition) is 2. The highest BCUT2D eigenvalue weighted by Gasteiger charge is 2.43. The van der Waals surface area contributed by atoms with Crippen molar-refractivity contribution in [2.75, 3.05) is 6.54 Å². The molecule has 1 amide bonds. The highest BCUT2D eigenvalue weighted by atomic mass is 16.4. The molecule has 0 saturated heterocycles. The van der Waals surface area contributed by atoms with Crippen molar-refractivity contribution in [3.63, 3.8) is 0 Å². The number of hydrogen-bond donors (Lipinski definition) is 1. The van der Waals surface area contributed by atoms with Crippen LogP contribution in [0.2, 0.25) is 0 Å². The van der Waals surface area contributed by atoms with Crippen molar-refractivity contribution in [2.45, 2.75) is 44.6 Å². The number of amides is 1. The fourth-order valence-corrected chi connectivity index (χ4v) is 2.24. The van der Waals surface area contributed by atoms with Gasteiger partial charge in [-0.3, -0.25) is 4.79 Å². The van der Waals surface area contributed by atoms with Crippen LogP contribution in [0.15, 0.2) is 0 Å². The zero-order valence-electron chi connectivity index (χ0n) is 8.53. The monoisotopic (exact) mass is 199 g/mol. The third-order valence-electron chi connectivity index (χ3n) is 3.10. The summed E-state index contributed by atoms with van der Waals surface area (Å²) in [6.45, 7) is 2.28. The van der Waals surface area contributed by atoms with Crippen LogP contribution in [-0.2, 0) is 9.59 Å². The zero-order valence-corrected chi connectivity index (χ0v) is 8.53. The van der Waals surface area contributed by atoms with E-state index < -0.39 is 11.5 Å². The first-order valence-corrected chi connectivity index (χ1v) is 5.13. The van der Waals surface area contributed by atoms with E-state index in [-0.39, 0.29) is 0 Å². The lowest BCUT2D eigenvalue weighted by molar-refractivity contribution is -0.157. The first-order chi connectivity index (χ1) is 6.67. The van der Waals surface area contributed by atoms with Gasteiger partial charge in [0.2, 0.25) is 6.41 Å². The van der Waals surface area contributed by atoms with E-state index in [9.17, 15) is 14.7 Å². The molecular weight excluding hydrogens is 182 g/mol. The summed E-state index contributed by atoms with van der Waals surface area (Å²) in [7, 11) is 0. The van der Waals surface area contributed by atoms with E-state index in [1.807, 2.05) is 6.92 Å². The Hall–Kier alpha value is -1.06. The summed E-state index contributed by atoms with van der Waals surface area (Å²) in [6.07, 6.45) is 4.72. The summed E-state index contributed by atoms with van der Waals surface area (Å²) in [5.74, 6) is -0.855. The first-order valence-electron chi connectivity index (χ1n) is 5.13. The summed E-state index contributed by atoms with van der Waals surface area (Å²) in [5.41, 5.74) is -0.922. The molecule has 1 aliphatic carbocycles. The minimum atomic E-state index is -0.922. The molecule has 0 aliphatic heterocycles. The standard InChI is InChI=1S/C10H17NO3/c1-2-11(8-12)10(9(13)14)6-4-3-5-7-10/h8H,2-7H2,1H3,(H,13,14). The number of carbonyl (C=O) groups is 2. The average molecular weight is 199 g/mol. The summed E-state index contributed by atoms with van der Waals surface area (Å²) >= 11 is 0. The highest BCUT2D eigenvalue weighted by Crippen LogP contribution is 2.33. The van der Waals surface area contributed by atoms with E-state index in [4.69, 9.17) is 0 Å². The number of rotatable bonds is 4. The molecule has 0 aromatic heterocycles. The number of carbonyl (C=O) groups excluding carboxylic acids is 1. The highest BCUT2D eigenvalue weighted by molar-refractivity contribution is 5.81. The lowest BCUT2D eigenvalue weighted by atomic mass is 9.80. The molecule has 4 heteroatoms. The number of aliphatic carboxylic acids is 1. The Morgan fingerprint density at radius 1 is 1.43 bits per heavy atom. The van der Waals surface area contributed by atoms with E-state index in [1.54, 1.807) is 0 Å². The SMILES string of the molecule is CCN(C=O)C1(C(=O)O)CCCCC1. The third-order valence-corrected chi connectivity index (χ3v) is 3.10. The van der Waals surface area contributed by atoms with Crippen LogP contribution in [-0.4, -0.2) is 34.5 Å². The first kappa shape index (κ1) is 11.0. The van der Waals surface area contributed by atoms with Crippen molar-refractivity contribution in [3.8, 4) is 0 Å². The predicted octanol–water partition coefficient (Wildman–Crippen LogP) is 1.25. The largest absolute Gasteiger partial charge is 0.479 e. The predicted molar refractivity (Wildman–Crippen MR) is 51.9 cm³/mol. The van der Waals surface area contributed by atoms with Crippen LogP contribution < -0.4 is 0 Å². The molecule has 4 nitrogen and oxygen atoms in total. The molecule has 1 rings (SSSR count). The number of likely N-dealkylation sites (N-methyl/N-ethyl adjacent to an activating group) is 1. The normalized spacial score (nSPS) is 20.1. The van der Waals surface area contributed by atoms with Gasteiger partial charge in [0.05, 0.1) is 0 Å². The smallest absolute Gasteiger partial charge is 0.329 e. The number of carboxylic acid groups (broad SMARTS) is 1. The fourth-order valence-electron chi connectivity index (χ4n) is 2.24. The number of carboxylic acids is 1. The zero-order chi connectivity index (χ0) is 10.6. The Morgan fingerprint density at radius 2 is 2.00 bits per heavy atom. The second-order valence-corrected chi connectivity index (χ2v) is 3.79. The minimum absolute atomic E-state index is 0.468. The molecule has 1 N–H and O–H groups in total. The molecule has 0 heterocycles. The minimum Gasteiger partial charge on any atom is -0.479 e. The van der Waals surface area contributed by atoms with Gasteiger partial charge in [0.15, 0.2) is 0 Å². The van der Waals surface area contributed by atoms with Gasteiger partial charge in [-0.1, -0.05) is 19.3 Å². The van der Waals surface area contributed by atoms with Gasteiger partial charge in [0.1, 0.15) is 5.54 Å². The quantitative estimate of drug-likeness (QED) is 0.693. The van der Waals surface area contributed by atoms with Gasteiger partial charge in [-0.15, -0.1) is 0 Å². The van der Waals surface area contributed by atoms with E-state index >= 15 is 0 Å². The molecule has 0 bridgehead atoms. The molecule has 0 aromatic rings. The van der Waals surface area contributed by atoms with Crippen molar-refractivity contribution < 1.29 is 14.7 Å². The van der Waals surface area contributed by atoms with Crippen LogP contribution in [0, 0.1) is 0 Å². The van der Waals surface area contributed by atoms with Gasteiger partial charge in [-0.25, -0.2) is 4.79 Å². The maximum absolute atomic E-state index is 11.2. The van der Waals surface area contributed by atoms with Crippen LogP contribution >= 0.6 is 0 Å². The second kappa shape index (κ2) is 4.44. The fraction of sp³-hybridized carbons (Fsp3) is 0.800. The number of nitrogens with zero attached hydrogens (tertiary/aromatic N) is 1. The van der Waals surface area contributed by atoms with Gasteiger partial charge in [0, 0.05) is 6.54 Å². The molecule has 0 atom stereocenters. The van der Waals surface area contributed by atoms with Crippen LogP contribution in [0.5, 0.6) is 0 Å². The molecule has 0 aromatic carbocycles. The van der Waals surface area contributed by atoms with E-state index in [2.05, 4.69) is 0 Å². The lowest BCUT2D eigenvalue weighted by Crippen LogP contribution is -2.55. The Morgan fingerprint density at radius 3 is 2.36 bits per heavy atom. The van der Waals surface area contributed by atoms with E-state index in [0.717, 1.165) is 19.3 Å². The van der Waals surface area contributed by atoms with Crippen molar-refractivity contribution in [2.24, 2.45) is 0 Å². The van der Waals surface area contributed by atoms with Crippen LogP contribution in [0.25, 0.3) is 0 Å². The Balaban J connectivity index is 2.89. The van der Waals surface area contributed by atoms with Gasteiger partial charge >= 0.3 is 5.97 Å². The third kappa shape index (κ3) is 1.74. The van der Waals surface area contributed by atoms with E-state index in [1.165, 1.54) is 4.90 Å². The van der Waals surface area contributed by atoms with Gasteiger partial charge in [-0.05, 0) is 19.8 Å². The van der Waals surface area contributed by atoms with Crippen molar-refractivity contribution in [3.05, 3.63) is 0 Å².